The highest BCUT2D eigenvalue weighted by Crippen LogP contribution is 2.18. The Labute approximate surface area is 156 Å². The lowest BCUT2D eigenvalue weighted by Gasteiger charge is -2.35. The third kappa shape index (κ3) is 3.71. The molecule has 9 heteroatoms. The number of aryl methyl sites for hydroxylation is 1. The zero-order valence-corrected chi connectivity index (χ0v) is 14.9. The molecule has 1 amide bonds. The summed E-state index contributed by atoms with van der Waals surface area (Å²) in [5.41, 5.74) is 1.38. The van der Waals surface area contributed by atoms with Gasteiger partial charge in [-0.25, -0.2) is 0 Å². The Morgan fingerprint density at radius 1 is 1.11 bits per heavy atom. The van der Waals surface area contributed by atoms with Gasteiger partial charge in [0, 0.05) is 32.4 Å². The van der Waals surface area contributed by atoms with Crippen LogP contribution in [0.5, 0.6) is 0 Å². The van der Waals surface area contributed by atoms with Crippen LogP contribution in [0.15, 0.2) is 47.4 Å². The quantitative estimate of drug-likeness (QED) is 0.748. The van der Waals surface area contributed by atoms with E-state index in [9.17, 15) is 4.79 Å². The predicted octanol–water partition coefficient (Wildman–Crippen LogP) is 1.87. The van der Waals surface area contributed by atoms with Gasteiger partial charge in [-0.3, -0.25) is 9.78 Å². The van der Waals surface area contributed by atoms with E-state index in [1.165, 1.54) is 6.20 Å². The van der Waals surface area contributed by atoms with Gasteiger partial charge in [0.2, 0.25) is 0 Å². The van der Waals surface area contributed by atoms with Crippen LogP contribution < -0.4 is 10.2 Å². The number of rotatable bonds is 4. The molecule has 27 heavy (non-hydrogen) atoms. The molecule has 1 aliphatic heterocycles. The number of amides is 1. The predicted molar refractivity (Wildman–Crippen MR) is 98.9 cm³/mol. The largest absolute Gasteiger partial charge is 0.361 e. The van der Waals surface area contributed by atoms with Crippen molar-refractivity contribution in [2.24, 2.45) is 0 Å². The fourth-order valence-electron chi connectivity index (χ4n) is 2.96. The second kappa shape index (κ2) is 7.40. The van der Waals surface area contributed by atoms with Crippen LogP contribution in [0.3, 0.4) is 0 Å². The summed E-state index contributed by atoms with van der Waals surface area (Å²) in [6.45, 7) is 4.36. The van der Waals surface area contributed by atoms with Crippen LogP contribution in [-0.4, -0.2) is 57.3 Å². The maximum Gasteiger partial charge on any atom is 0.259 e. The van der Waals surface area contributed by atoms with Gasteiger partial charge in [-0.15, -0.1) is 10.2 Å². The molecule has 0 saturated carbocycles. The van der Waals surface area contributed by atoms with Crippen LogP contribution in [0, 0.1) is 6.92 Å². The summed E-state index contributed by atoms with van der Waals surface area (Å²) in [7, 11) is 0. The number of anilines is 3. The molecule has 0 aliphatic carbocycles. The first-order valence-corrected chi connectivity index (χ1v) is 8.67. The Balaban J connectivity index is 1.35. The first kappa shape index (κ1) is 17.0. The molecule has 3 aromatic heterocycles. The lowest BCUT2D eigenvalue weighted by Crippen LogP contribution is -2.49. The maximum atomic E-state index is 12.5. The van der Waals surface area contributed by atoms with Gasteiger partial charge in [0.05, 0.1) is 18.1 Å². The highest BCUT2D eigenvalue weighted by Gasteiger charge is 2.25. The topological polar surface area (TPSA) is 100 Å². The summed E-state index contributed by atoms with van der Waals surface area (Å²) in [5.74, 6) is 1.95. The molecule has 3 aromatic rings. The van der Waals surface area contributed by atoms with E-state index in [2.05, 4.69) is 30.6 Å². The van der Waals surface area contributed by atoms with Gasteiger partial charge in [0.25, 0.3) is 5.91 Å². The van der Waals surface area contributed by atoms with Crippen LogP contribution in [-0.2, 0) is 0 Å². The SMILES string of the molecule is Cc1oncc1C(=O)N1CCN(c2ccc(Nc3cccnc3)nn2)CC1. The van der Waals surface area contributed by atoms with Crippen molar-refractivity contribution in [1.29, 1.82) is 0 Å². The minimum atomic E-state index is -0.0458. The van der Waals surface area contributed by atoms with Crippen molar-refractivity contribution in [3.05, 3.63) is 54.2 Å². The molecule has 4 heterocycles. The van der Waals surface area contributed by atoms with Gasteiger partial charge < -0.3 is 19.6 Å². The maximum absolute atomic E-state index is 12.5. The number of pyridine rings is 1. The lowest BCUT2D eigenvalue weighted by atomic mass is 10.2. The normalized spacial score (nSPS) is 14.3. The molecule has 1 saturated heterocycles. The molecule has 0 spiro atoms. The molecule has 1 aliphatic rings. The van der Waals surface area contributed by atoms with Crippen LogP contribution in [0.4, 0.5) is 17.3 Å². The van der Waals surface area contributed by atoms with E-state index in [-0.39, 0.29) is 5.91 Å². The van der Waals surface area contributed by atoms with Gasteiger partial charge >= 0.3 is 0 Å². The third-order valence-electron chi connectivity index (χ3n) is 4.46. The van der Waals surface area contributed by atoms with Crippen LogP contribution in [0.2, 0.25) is 0 Å². The summed E-state index contributed by atoms with van der Waals surface area (Å²) in [5, 5.41) is 15.4. The molecule has 0 aromatic carbocycles. The molecule has 0 unspecified atom stereocenters. The summed E-state index contributed by atoms with van der Waals surface area (Å²) in [6, 6.07) is 7.57. The molecule has 1 N–H and O–H groups in total. The monoisotopic (exact) mass is 365 g/mol. The van der Waals surface area contributed by atoms with Gasteiger partial charge in [-0.1, -0.05) is 5.16 Å². The van der Waals surface area contributed by atoms with E-state index < -0.39 is 0 Å². The van der Waals surface area contributed by atoms with Crippen molar-refractivity contribution in [2.75, 3.05) is 36.4 Å². The van der Waals surface area contributed by atoms with E-state index in [0.717, 1.165) is 11.5 Å². The number of hydrogen-bond donors (Lipinski definition) is 1. The van der Waals surface area contributed by atoms with Crippen molar-refractivity contribution in [3.8, 4) is 0 Å². The van der Waals surface area contributed by atoms with E-state index >= 15 is 0 Å². The molecular weight excluding hydrogens is 346 g/mol. The van der Waals surface area contributed by atoms with E-state index in [1.54, 1.807) is 19.3 Å². The van der Waals surface area contributed by atoms with Crippen molar-refractivity contribution >= 4 is 23.2 Å². The molecule has 0 atom stereocenters. The Hall–Kier alpha value is -3.49. The average Bonchev–Trinajstić information content (AvgIpc) is 3.15. The van der Waals surface area contributed by atoms with Gasteiger partial charge in [0.15, 0.2) is 11.6 Å². The molecule has 0 radical (unpaired) electrons. The fraction of sp³-hybridized carbons (Fsp3) is 0.278. The number of hydrogen-bond acceptors (Lipinski definition) is 8. The Kier molecular flexibility index (Phi) is 4.65. The van der Waals surface area contributed by atoms with Crippen molar-refractivity contribution in [3.63, 3.8) is 0 Å². The highest BCUT2D eigenvalue weighted by atomic mass is 16.5. The number of carbonyl (C=O) groups excluding carboxylic acids is 1. The summed E-state index contributed by atoms with van der Waals surface area (Å²) in [6.07, 6.45) is 4.92. The fourth-order valence-corrected chi connectivity index (χ4v) is 2.96. The Morgan fingerprint density at radius 3 is 2.59 bits per heavy atom. The molecule has 0 bridgehead atoms. The van der Waals surface area contributed by atoms with E-state index in [4.69, 9.17) is 4.52 Å². The number of carbonyl (C=O) groups is 1. The molecule has 9 nitrogen and oxygen atoms in total. The minimum absolute atomic E-state index is 0.0458. The average molecular weight is 365 g/mol. The first-order chi connectivity index (χ1) is 13.2. The van der Waals surface area contributed by atoms with Gasteiger partial charge in [-0.05, 0) is 31.2 Å². The summed E-state index contributed by atoms with van der Waals surface area (Å²) in [4.78, 5) is 20.5. The van der Waals surface area contributed by atoms with Crippen molar-refractivity contribution in [2.45, 2.75) is 6.92 Å². The highest BCUT2D eigenvalue weighted by molar-refractivity contribution is 5.94. The van der Waals surface area contributed by atoms with Crippen LogP contribution in [0.1, 0.15) is 16.1 Å². The van der Waals surface area contributed by atoms with Gasteiger partial charge in [-0.2, -0.15) is 0 Å². The van der Waals surface area contributed by atoms with Crippen molar-refractivity contribution < 1.29 is 9.32 Å². The zero-order valence-electron chi connectivity index (χ0n) is 14.9. The third-order valence-corrected chi connectivity index (χ3v) is 4.46. The molecule has 138 valence electrons. The Morgan fingerprint density at radius 2 is 1.96 bits per heavy atom. The smallest absolute Gasteiger partial charge is 0.259 e. The summed E-state index contributed by atoms with van der Waals surface area (Å²) >= 11 is 0. The molecular formula is C18H19N7O2. The lowest BCUT2D eigenvalue weighted by molar-refractivity contribution is 0.0744. The molecule has 1 fully saturated rings. The van der Waals surface area contributed by atoms with E-state index in [1.807, 2.05) is 29.2 Å². The first-order valence-electron chi connectivity index (χ1n) is 8.67. The number of aromatic nitrogens is 4. The number of piperazine rings is 1. The van der Waals surface area contributed by atoms with Crippen molar-refractivity contribution in [1.82, 2.24) is 25.2 Å². The second-order valence-corrected chi connectivity index (χ2v) is 6.22. The second-order valence-electron chi connectivity index (χ2n) is 6.22. The van der Waals surface area contributed by atoms with Crippen LogP contribution in [0.25, 0.3) is 0 Å². The Bertz CT molecular complexity index is 903. The minimum Gasteiger partial charge on any atom is -0.361 e. The van der Waals surface area contributed by atoms with E-state index in [0.29, 0.717) is 43.3 Å². The number of nitrogens with zero attached hydrogens (tertiary/aromatic N) is 6. The van der Waals surface area contributed by atoms with Gasteiger partial charge in [0.1, 0.15) is 11.3 Å². The zero-order chi connectivity index (χ0) is 18.6. The number of nitrogens with one attached hydrogen (secondary N) is 1. The van der Waals surface area contributed by atoms with Crippen LogP contribution >= 0.6 is 0 Å². The summed E-state index contributed by atoms with van der Waals surface area (Å²) < 4.78 is 4.98. The standard InChI is InChI=1S/C18H19N7O2/c1-13-15(12-20-27-13)18(26)25-9-7-24(8-10-25)17-5-4-16(22-23-17)21-14-3-2-6-19-11-14/h2-6,11-12H,7-10H2,1H3,(H,21,22). The molecule has 4 rings (SSSR count).